The van der Waals surface area contributed by atoms with Gasteiger partial charge in [-0.2, -0.15) is 0 Å². The third-order valence-corrected chi connectivity index (χ3v) is 65.2. The topological polar surface area (TPSA) is 0 Å². The summed E-state index contributed by atoms with van der Waals surface area (Å²) in [6, 6.07) is 32.8. The monoisotopic (exact) mass is 823 g/mol. The Labute approximate surface area is 323 Å². The second kappa shape index (κ2) is 14.6. The molecule has 0 N–H and O–H groups in total. The van der Waals surface area contributed by atoms with Crippen molar-refractivity contribution in [1.82, 2.24) is 0 Å². The maximum atomic E-state index is 8.80. The van der Waals surface area contributed by atoms with E-state index >= 15 is 0 Å². The number of fused-ring (bicyclic) bond motifs is 2. The van der Waals surface area contributed by atoms with Gasteiger partial charge >= 0.3 is 326 Å². The zero-order valence-corrected chi connectivity index (χ0v) is 38.0. The van der Waals surface area contributed by atoms with Crippen molar-refractivity contribution >= 4 is 35.1 Å². The second-order valence-corrected chi connectivity index (χ2v) is 60.2. The quantitative estimate of drug-likeness (QED) is 0.148. The number of hydrogen-bond donors (Lipinski definition) is 0. The molecule has 4 heteroatoms. The summed E-state index contributed by atoms with van der Waals surface area (Å²) in [5.41, 5.74) is 16.6. The van der Waals surface area contributed by atoms with Crippen LogP contribution in [0, 0.1) is 5.92 Å². The molecule has 1 saturated carbocycles. The standard InChI is InChI=1S/C23H25.C23H27.C2H7Si.2ClH.Zr/c1-2-17-15-21-9-6-10-22(23(21)16-17)20-13-11-19(12-14-20)18-7-4-3-5-8-18;1-6-16(2)19-14-18-8-7-9-21(22(18)15-19)17-10-12-20(13-11-17)23(3,4)5;1-3-2;;;/h6,9-16,18H,2-5,7-8H2,1H3;7-16H,6H2,1-5H3;3H,1-2H3;2*1H;/q;;;;;+2/p-2. The van der Waals surface area contributed by atoms with Gasteiger partial charge in [0.15, 0.2) is 0 Å². The minimum atomic E-state index is -4.88. The molecule has 0 spiro atoms. The third kappa shape index (κ3) is 6.48. The second-order valence-electron chi connectivity index (χ2n) is 17.7. The number of allylic oxidation sites excluding steroid dienone is 2. The first kappa shape index (κ1) is 38.3. The summed E-state index contributed by atoms with van der Waals surface area (Å²) in [5, 5.41) is 0. The van der Waals surface area contributed by atoms with Crippen LogP contribution < -0.4 is 0 Å². The summed E-state index contributed by atoms with van der Waals surface area (Å²) >= 11 is -4.88. The van der Waals surface area contributed by atoms with E-state index in [1.54, 1.807) is 0 Å². The molecule has 3 unspecified atom stereocenters. The maximum absolute atomic E-state index is 8.80. The van der Waals surface area contributed by atoms with Gasteiger partial charge in [-0.25, -0.2) is 0 Å². The molecule has 3 aliphatic carbocycles. The molecule has 0 aromatic heterocycles. The van der Waals surface area contributed by atoms with Gasteiger partial charge in [-0.3, -0.25) is 0 Å². The number of rotatable bonds is 9. The van der Waals surface area contributed by atoms with Crippen LogP contribution in [0.2, 0.25) is 13.1 Å². The molecule has 0 saturated heterocycles. The summed E-state index contributed by atoms with van der Waals surface area (Å²) in [6.45, 7) is 18.9. The average molecular weight is 826 g/mol. The summed E-state index contributed by atoms with van der Waals surface area (Å²) in [7, 11) is 17.6. The van der Waals surface area contributed by atoms with Gasteiger partial charge in [0.25, 0.3) is 0 Å². The molecule has 4 aromatic carbocycles. The molecule has 0 heterocycles. The first-order chi connectivity index (χ1) is 24.8. The van der Waals surface area contributed by atoms with Crippen LogP contribution in [0.25, 0.3) is 34.4 Å². The summed E-state index contributed by atoms with van der Waals surface area (Å²) < 4.78 is 0.204. The molecular weight excluding hydrogens is 767 g/mol. The predicted molar refractivity (Wildman–Crippen MR) is 230 cm³/mol. The van der Waals surface area contributed by atoms with Crippen molar-refractivity contribution in [2.45, 2.75) is 118 Å². The Bertz CT molecular complexity index is 2010. The van der Waals surface area contributed by atoms with Gasteiger partial charge < -0.3 is 0 Å². The van der Waals surface area contributed by atoms with Crippen LogP contribution in [0.4, 0.5) is 0 Å². The van der Waals surface area contributed by atoms with Crippen LogP contribution >= 0.6 is 17.0 Å². The Morgan fingerprint density at radius 1 is 0.712 bits per heavy atom. The zero-order chi connectivity index (χ0) is 37.0. The van der Waals surface area contributed by atoms with E-state index in [0.717, 1.165) is 12.8 Å². The van der Waals surface area contributed by atoms with Crippen molar-refractivity contribution in [2.24, 2.45) is 5.92 Å². The van der Waals surface area contributed by atoms with E-state index in [-0.39, 0.29) is 12.7 Å². The molecule has 3 atom stereocenters. The van der Waals surface area contributed by atoms with E-state index < -0.39 is 21.5 Å². The van der Waals surface area contributed by atoms with Crippen LogP contribution in [-0.4, -0.2) is 5.92 Å². The fourth-order valence-corrected chi connectivity index (χ4v) is 41.5. The Morgan fingerprint density at radius 3 is 1.77 bits per heavy atom. The number of benzene rings is 4. The third-order valence-electron chi connectivity index (χ3n) is 13.4. The molecule has 273 valence electrons. The van der Waals surface area contributed by atoms with Crippen LogP contribution in [0.15, 0.2) is 96.1 Å². The minimum absolute atomic E-state index is 0.0968. The van der Waals surface area contributed by atoms with E-state index in [4.69, 9.17) is 17.0 Å². The van der Waals surface area contributed by atoms with E-state index in [1.165, 1.54) is 98.9 Å². The van der Waals surface area contributed by atoms with Crippen molar-refractivity contribution in [1.29, 1.82) is 0 Å². The predicted octanol–water partition coefficient (Wildman–Crippen LogP) is 15.4. The molecule has 3 aliphatic rings. The van der Waals surface area contributed by atoms with Crippen molar-refractivity contribution in [3.05, 3.63) is 129 Å². The molecule has 7 rings (SSSR count). The Balaban J connectivity index is 1.36. The van der Waals surface area contributed by atoms with Gasteiger partial charge in [0.1, 0.15) is 0 Å². The van der Waals surface area contributed by atoms with E-state index in [1.807, 2.05) is 0 Å². The molecule has 0 radical (unpaired) electrons. The molecule has 0 bridgehead atoms. The SMILES string of the molecule is CCC1=Cc2c(-c3ccc(C4CCCCC4)cc3)cccc2[CH]1[Zr]([Cl])([Cl])([CH]1C(C(C)CC)=Cc2c(-c3ccc(C(C)(C)C)cc3)cccc21)[SiH](C)C. The van der Waals surface area contributed by atoms with E-state index in [9.17, 15) is 0 Å². The molecule has 52 heavy (non-hydrogen) atoms. The molecule has 1 fully saturated rings. The normalized spacial score (nSPS) is 20.6. The summed E-state index contributed by atoms with van der Waals surface area (Å²) in [5.74, 6) is -0.542. The van der Waals surface area contributed by atoms with E-state index in [2.05, 4.69) is 152 Å². The Hall–Kier alpha value is -1.96. The van der Waals surface area contributed by atoms with Gasteiger partial charge in [0.2, 0.25) is 0 Å². The fraction of sp³-hybridized carbons (Fsp3) is 0.417. The average Bonchev–Trinajstić information content (AvgIpc) is 3.75. The van der Waals surface area contributed by atoms with Gasteiger partial charge in [-0.05, 0) is 0 Å². The molecule has 0 aliphatic heterocycles. The molecule has 0 amide bonds. The van der Waals surface area contributed by atoms with Crippen molar-refractivity contribution in [2.75, 3.05) is 0 Å². The number of hydrogen-bond acceptors (Lipinski definition) is 0. The zero-order valence-electron chi connectivity index (χ0n) is 32.8. The van der Waals surface area contributed by atoms with Crippen molar-refractivity contribution < 1.29 is 15.6 Å². The first-order valence-electron chi connectivity index (χ1n) is 20.2. The summed E-state index contributed by atoms with van der Waals surface area (Å²) in [4.78, 5) is 0. The summed E-state index contributed by atoms with van der Waals surface area (Å²) in [6.07, 6.45) is 13.8. The van der Waals surface area contributed by atoms with Crippen LogP contribution in [0.3, 0.4) is 0 Å². The van der Waals surface area contributed by atoms with Crippen LogP contribution in [-0.2, 0) is 21.0 Å². The van der Waals surface area contributed by atoms with Crippen molar-refractivity contribution in [3.8, 4) is 22.3 Å². The Morgan fingerprint density at radius 2 is 1.25 bits per heavy atom. The van der Waals surface area contributed by atoms with E-state index in [0.29, 0.717) is 11.8 Å². The first-order valence-corrected chi connectivity index (χ1v) is 36.5. The van der Waals surface area contributed by atoms with Gasteiger partial charge in [0, 0.05) is 0 Å². The number of halogens is 2. The van der Waals surface area contributed by atoms with Gasteiger partial charge in [-0.1, -0.05) is 0 Å². The van der Waals surface area contributed by atoms with Crippen LogP contribution in [0.1, 0.15) is 133 Å². The van der Waals surface area contributed by atoms with Gasteiger partial charge in [-0.15, -0.1) is 0 Å². The van der Waals surface area contributed by atoms with Gasteiger partial charge in [0.05, 0.1) is 0 Å². The Kier molecular flexibility index (Phi) is 10.8. The van der Waals surface area contributed by atoms with Crippen molar-refractivity contribution in [3.63, 3.8) is 0 Å². The molecule has 4 aromatic rings. The van der Waals surface area contributed by atoms with Crippen LogP contribution in [0.5, 0.6) is 0 Å². The molecule has 0 nitrogen and oxygen atoms in total. The fourth-order valence-electron chi connectivity index (χ4n) is 9.98. The molecular formula is C48H59Cl2SiZr.